The Morgan fingerprint density at radius 2 is 2.16 bits per heavy atom. The highest BCUT2D eigenvalue weighted by molar-refractivity contribution is 7.07. The molecule has 0 spiro atoms. The van der Waals surface area contributed by atoms with Gasteiger partial charge in [0, 0.05) is 12.6 Å². The van der Waals surface area contributed by atoms with Crippen molar-refractivity contribution in [2.24, 2.45) is 5.92 Å². The summed E-state index contributed by atoms with van der Waals surface area (Å²) in [7, 11) is 0. The molecule has 106 valence electrons. The maximum Gasteiger partial charge on any atom is 0.315 e. The van der Waals surface area contributed by atoms with E-state index in [4.69, 9.17) is 5.11 Å². The summed E-state index contributed by atoms with van der Waals surface area (Å²) in [4.78, 5) is 22.3. The Bertz CT molecular complexity index is 404. The average Bonchev–Trinajstić information content (AvgIpc) is 2.80. The van der Waals surface area contributed by atoms with Crippen molar-refractivity contribution in [2.75, 3.05) is 6.54 Å². The van der Waals surface area contributed by atoms with Crippen molar-refractivity contribution in [2.45, 2.75) is 32.7 Å². The number of hydrogen-bond acceptors (Lipinski definition) is 3. The smallest absolute Gasteiger partial charge is 0.315 e. The van der Waals surface area contributed by atoms with E-state index >= 15 is 0 Å². The Morgan fingerprint density at radius 1 is 1.42 bits per heavy atom. The minimum absolute atomic E-state index is 0.0599. The number of aliphatic carboxylic acids is 1. The standard InChI is InChI=1S/C13H20N2O3S/c1-9(2)11(7-12(16)17)15-13(18)14-5-3-10-4-6-19-8-10/h4,6,8-9,11H,3,5,7H2,1-2H3,(H,16,17)(H2,14,15,18). The lowest BCUT2D eigenvalue weighted by Gasteiger charge is -2.20. The van der Waals surface area contributed by atoms with Crippen LogP contribution >= 0.6 is 11.3 Å². The van der Waals surface area contributed by atoms with Crippen LogP contribution in [-0.4, -0.2) is 29.7 Å². The quantitative estimate of drug-likeness (QED) is 0.717. The van der Waals surface area contributed by atoms with Gasteiger partial charge in [-0.15, -0.1) is 0 Å². The first-order valence-electron chi connectivity index (χ1n) is 6.26. The third kappa shape index (κ3) is 6.24. The summed E-state index contributed by atoms with van der Waals surface area (Å²) in [5.41, 5.74) is 1.19. The Balaban J connectivity index is 2.29. The summed E-state index contributed by atoms with van der Waals surface area (Å²) >= 11 is 1.63. The molecule has 1 unspecified atom stereocenters. The number of carbonyl (C=O) groups is 2. The van der Waals surface area contributed by atoms with Gasteiger partial charge in [-0.05, 0) is 34.7 Å². The first-order chi connectivity index (χ1) is 8.99. The van der Waals surface area contributed by atoms with E-state index < -0.39 is 5.97 Å². The second kappa shape index (κ2) is 7.78. The van der Waals surface area contributed by atoms with Gasteiger partial charge >= 0.3 is 12.0 Å². The molecule has 1 rings (SSSR count). The van der Waals surface area contributed by atoms with E-state index in [1.165, 1.54) is 5.56 Å². The van der Waals surface area contributed by atoms with Gasteiger partial charge in [0.15, 0.2) is 0 Å². The van der Waals surface area contributed by atoms with Crippen molar-refractivity contribution in [3.05, 3.63) is 22.4 Å². The molecule has 1 heterocycles. The third-order valence-corrected chi connectivity index (χ3v) is 3.53. The fourth-order valence-electron chi connectivity index (χ4n) is 1.62. The fourth-order valence-corrected chi connectivity index (χ4v) is 2.32. The number of nitrogens with one attached hydrogen (secondary N) is 2. The summed E-state index contributed by atoms with van der Waals surface area (Å²) in [6.07, 6.45) is 0.720. The summed E-state index contributed by atoms with van der Waals surface area (Å²) < 4.78 is 0. The molecule has 19 heavy (non-hydrogen) atoms. The van der Waals surface area contributed by atoms with Gasteiger partial charge < -0.3 is 15.7 Å². The van der Waals surface area contributed by atoms with Crippen LogP contribution < -0.4 is 10.6 Å². The van der Waals surface area contributed by atoms with Crippen molar-refractivity contribution in [3.63, 3.8) is 0 Å². The fraction of sp³-hybridized carbons (Fsp3) is 0.538. The largest absolute Gasteiger partial charge is 0.481 e. The summed E-state index contributed by atoms with van der Waals surface area (Å²) in [5, 5.41) is 18.3. The van der Waals surface area contributed by atoms with Crippen molar-refractivity contribution in [3.8, 4) is 0 Å². The van der Waals surface area contributed by atoms with E-state index in [1.54, 1.807) is 11.3 Å². The molecular weight excluding hydrogens is 264 g/mol. The van der Waals surface area contributed by atoms with Crippen LogP contribution in [0.2, 0.25) is 0 Å². The SMILES string of the molecule is CC(C)C(CC(=O)O)NC(=O)NCCc1ccsc1. The highest BCUT2D eigenvalue weighted by Crippen LogP contribution is 2.07. The maximum absolute atomic E-state index is 11.7. The van der Waals surface area contributed by atoms with Gasteiger partial charge in [0.1, 0.15) is 0 Å². The maximum atomic E-state index is 11.7. The van der Waals surface area contributed by atoms with Gasteiger partial charge in [-0.25, -0.2) is 4.79 Å². The molecule has 0 saturated heterocycles. The topological polar surface area (TPSA) is 78.4 Å². The third-order valence-electron chi connectivity index (χ3n) is 2.80. The van der Waals surface area contributed by atoms with E-state index in [0.717, 1.165) is 6.42 Å². The highest BCUT2D eigenvalue weighted by Gasteiger charge is 2.18. The van der Waals surface area contributed by atoms with Crippen LogP contribution in [0.1, 0.15) is 25.8 Å². The van der Waals surface area contributed by atoms with Crippen LogP contribution in [0.5, 0.6) is 0 Å². The Kier molecular flexibility index (Phi) is 6.35. The van der Waals surface area contributed by atoms with E-state index in [1.807, 2.05) is 30.7 Å². The van der Waals surface area contributed by atoms with Crippen molar-refractivity contribution >= 4 is 23.3 Å². The number of thiophene rings is 1. The lowest BCUT2D eigenvalue weighted by molar-refractivity contribution is -0.137. The van der Waals surface area contributed by atoms with E-state index in [0.29, 0.717) is 6.54 Å². The van der Waals surface area contributed by atoms with Gasteiger partial charge in [-0.2, -0.15) is 11.3 Å². The van der Waals surface area contributed by atoms with Crippen LogP contribution in [0.3, 0.4) is 0 Å². The molecular formula is C13H20N2O3S. The van der Waals surface area contributed by atoms with E-state index in [-0.39, 0.29) is 24.4 Å². The molecule has 0 aromatic carbocycles. The number of carbonyl (C=O) groups excluding carboxylic acids is 1. The molecule has 0 aliphatic heterocycles. The molecule has 6 heteroatoms. The van der Waals surface area contributed by atoms with Crippen molar-refractivity contribution in [1.82, 2.24) is 10.6 Å². The number of rotatable bonds is 7. The van der Waals surface area contributed by atoms with Crippen LogP contribution in [0.15, 0.2) is 16.8 Å². The second-order valence-corrected chi connectivity index (χ2v) is 5.51. The summed E-state index contributed by atoms with van der Waals surface area (Å²) in [6.45, 7) is 4.32. The summed E-state index contributed by atoms with van der Waals surface area (Å²) in [6, 6.07) is 1.36. The first-order valence-corrected chi connectivity index (χ1v) is 7.20. The van der Waals surface area contributed by atoms with Gasteiger partial charge in [0.05, 0.1) is 6.42 Å². The predicted octanol–water partition coefficient (Wildman–Crippen LogP) is 2.09. The number of urea groups is 1. The van der Waals surface area contributed by atoms with Gasteiger partial charge in [-0.1, -0.05) is 13.8 Å². The molecule has 5 nitrogen and oxygen atoms in total. The summed E-state index contributed by atoms with van der Waals surface area (Å²) in [5.74, 6) is -0.823. The Hall–Kier alpha value is -1.56. The molecule has 1 aromatic rings. The van der Waals surface area contributed by atoms with Crippen molar-refractivity contribution in [1.29, 1.82) is 0 Å². The van der Waals surface area contributed by atoms with Crippen LogP contribution in [0.25, 0.3) is 0 Å². The molecule has 0 fully saturated rings. The van der Waals surface area contributed by atoms with Gasteiger partial charge in [-0.3, -0.25) is 4.79 Å². The number of hydrogen-bond donors (Lipinski definition) is 3. The zero-order chi connectivity index (χ0) is 14.3. The number of amides is 2. The minimum Gasteiger partial charge on any atom is -0.481 e. The minimum atomic E-state index is -0.905. The van der Waals surface area contributed by atoms with E-state index in [9.17, 15) is 9.59 Å². The molecule has 0 aliphatic rings. The zero-order valence-electron chi connectivity index (χ0n) is 11.2. The molecule has 2 amide bonds. The molecule has 0 radical (unpaired) electrons. The second-order valence-electron chi connectivity index (χ2n) is 4.73. The predicted molar refractivity (Wildman–Crippen MR) is 75.4 cm³/mol. The van der Waals surface area contributed by atoms with Crippen molar-refractivity contribution < 1.29 is 14.7 Å². The average molecular weight is 284 g/mol. The van der Waals surface area contributed by atoms with Gasteiger partial charge in [0.25, 0.3) is 0 Å². The highest BCUT2D eigenvalue weighted by atomic mass is 32.1. The lowest BCUT2D eigenvalue weighted by Crippen LogP contribution is -2.45. The monoisotopic (exact) mass is 284 g/mol. The first kappa shape index (κ1) is 15.5. The molecule has 0 aliphatic carbocycles. The van der Waals surface area contributed by atoms with E-state index in [2.05, 4.69) is 10.6 Å². The van der Waals surface area contributed by atoms with Crippen LogP contribution in [-0.2, 0) is 11.2 Å². The van der Waals surface area contributed by atoms with Crippen LogP contribution in [0.4, 0.5) is 4.79 Å². The Labute approximate surface area is 117 Å². The molecule has 0 bridgehead atoms. The molecule has 0 saturated carbocycles. The molecule has 1 atom stereocenters. The molecule has 3 N–H and O–H groups in total. The van der Waals surface area contributed by atoms with Gasteiger partial charge in [0.2, 0.25) is 0 Å². The number of carboxylic acid groups (broad SMARTS) is 1. The zero-order valence-corrected chi connectivity index (χ0v) is 12.0. The Morgan fingerprint density at radius 3 is 2.68 bits per heavy atom. The van der Waals surface area contributed by atoms with Crippen LogP contribution in [0, 0.1) is 5.92 Å². The number of carboxylic acids is 1. The lowest BCUT2D eigenvalue weighted by atomic mass is 10.0. The normalized spacial score (nSPS) is 12.2. The molecule has 1 aromatic heterocycles.